The summed E-state index contributed by atoms with van der Waals surface area (Å²) in [5.41, 5.74) is 1.30. The molecule has 6 heteroatoms. The van der Waals surface area contributed by atoms with Gasteiger partial charge in [0.2, 0.25) is 15.9 Å². The standard InChI is InChI=1S/C17H24N2O3S/c20-17(10-9-14-5-1-2-6-14)18-15-7-3-8-16(13-15)19-11-4-12-23(19,21)22/h3,7-8,13-14H,1-2,4-6,9-12H2,(H,18,20). The predicted octanol–water partition coefficient (Wildman–Crippen LogP) is 3.14. The number of hydrogen-bond acceptors (Lipinski definition) is 3. The number of nitrogens with one attached hydrogen (secondary N) is 1. The van der Waals surface area contributed by atoms with E-state index < -0.39 is 10.0 Å². The zero-order valence-electron chi connectivity index (χ0n) is 13.3. The first kappa shape index (κ1) is 16.3. The lowest BCUT2D eigenvalue weighted by Gasteiger charge is -2.18. The molecule has 1 saturated heterocycles. The molecule has 1 amide bonds. The maximum absolute atomic E-state index is 12.1. The van der Waals surface area contributed by atoms with Crippen LogP contribution in [0.4, 0.5) is 11.4 Å². The number of benzene rings is 1. The van der Waals surface area contributed by atoms with Gasteiger partial charge in [0.1, 0.15) is 0 Å². The van der Waals surface area contributed by atoms with Gasteiger partial charge in [0.15, 0.2) is 0 Å². The average molecular weight is 336 g/mol. The first-order chi connectivity index (χ1) is 11.0. The van der Waals surface area contributed by atoms with Crippen LogP contribution in [0, 0.1) is 5.92 Å². The van der Waals surface area contributed by atoms with Crippen LogP contribution in [0.15, 0.2) is 24.3 Å². The Morgan fingerprint density at radius 2 is 2.00 bits per heavy atom. The minimum Gasteiger partial charge on any atom is -0.326 e. The number of amides is 1. The van der Waals surface area contributed by atoms with Gasteiger partial charge in [-0.2, -0.15) is 0 Å². The highest BCUT2D eigenvalue weighted by atomic mass is 32.2. The van der Waals surface area contributed by atoms with E-state index in [1.165, 1.54) is 30.0 Å². The Kier molecular flexibility index (Phi) is 4.90. The van der Waals surface area contributed by atoms with E-state index in [9.17, 15) is 13.2 Å². The van der Waals surface area contributed by atoms with E-state index in [1.807, 2.05) is 0 Å². The minimum atomic E-state index is -3.19. The molecule has 0 unspecified atom stereocenters. The lowest BCUT2D eigenvalue weighted by atomic mass is 10.0. The van der Waals surface area contributed by atoms with Crippen LogP contribution in [0.3, 0.4) is 0 Å². The van der Waals surface area contributed by atoms with Gasteiger partial charge >= 0.3 is 0 Å². The van der Waals surface area contributed by atoms with Gasteiger partial charge in [-0.1, -0.05) is 31.7 Å². The van der Waals surface area contributed by atoms with E-state index in [1.54, 1.807) is 24.3 Å². The van der Waals surface area contributed by atoms with E-state index in [0.717, 1.165) is 6.42 Å². The SMILES string of the molecule is O=C(CCC1CCCC1)Nc1cccc(N2CCCS2(=O)=O)c1. The second kappa shape index (κ2) is 6.91. The molecule has 1 aliphatic carbocycles. The third kappa shape index (κ3) is 4.05. The van der Waals surface area contributed by atoms with Gasteiger partial charge in [-0.15, -0.1) is 0 Å². The van der Waals surface area contributed by atoms with E-state index >= 15 is 0 Å². The van der Waals surface area contributed by atoms with Crippen LogP contribution >= 0.6 is 0 Å². The van der Waals surface area contributed by atoms with Crippen LogP contribution in [-0.4, -0.2) is 26.6 Å². The maximum Gasteiger partial charge on any atom is 0.235 e. The lowest BCUT2D eigenvalue weighted by Crippen LogP contribution is -2.25. The van der Waals surface area contributed by atoms with E-state index in [4.69, 9.17) is 0 Å². The summed E-state index contributed by atoms with van der Waals surface area (Å²) in [5.74, 6) is 0.908. The highest BCUT2D eigenvalue weighted by molar-refractivity contribution is 7.93. The molecule has 2 fully saturated rings. The van der Waals surface area contributed by atoms with Crippen molar-refractivity contribution in [1.29, 1.82) is 0 Å². The zero-order chi connectivity index (χ0) is 16.3. The van der Waals surface area contributed by atoms with Crippen LogP contribution < -0.4 is 9.62 Å². The first-order valence-electron chi connectivity index (χ1n) is 8.45. The molecular formula is C17H24N2O3S. The fourth-order valence-corrected chi connectivity index (χ4v) is 5.08. The Labute approximate surface area is 138 Å². The number of carbonyl (C=O) groups is 1. The van der Waals surface area contributed by atoms with Crippen molar-refractivity contribution in [2.75, 3.05) is 21.9 Å². The molecule has 0 spiro atoms. The van der Waals surface area contributed by atoms with Crippen LogP contribution in [0.1, 0.15) is 44.9 Å². The normalized spacial score (nSPS) is 20.8. The Morgan fingerprint density at radius 1 is 1.22 bits per heavy atom. The van der Waals surface area contributed by atoms with Crippen LogP contribution in [0.5, 0.6) is 0 Å². The third-order valence-corrected chi connectivity index (χ3v) is 6.64. The topological polar surface area (TPSA) is 66.5 Å². The number of nitrogens with zero attached hydrogens (tertiary/aromatic N) is 1. The van der Waals surface area contributed by atoms with Gasteiger partial charge in [-0.05, 0) is 37.0 Å². The largest absolute Gasteiger partial charge is 0.326 e. The van der Waals surface area contributed by atoms with Gasteiger partial charge in [0.05, 0.1) is 11.4 Å². The molecule has 1 aromatic rings. The molecule has 1 N–H and O–H groups in total. The quantitative estimate of drug-likeness (QED) is 0.898. The van der Waals surface area contributed by atoms with E-state index in [0.29, 0.717) is 36.7 Å². The summed E-state index contributed by atoms with van der Waals surface area (Å²) in [6.07, 6.45) is 7.21. The molecule has 1 saturated carbocycles. The van der Waals surface area contributed by atoms with Gasteiger partial charge in [-0.25, -0.2) is 8.42 Å². The summed E-state index contributed by atoms with van der Waals surface area (Å²) < 4.78 is 25.4. The molecule has 126 valence electrons. The molecule has 1 heterocycles. The molecule has 1 aromatic carbocycles. The molecule has 1 aliphatic heterocycles. The van der Waals surface area contributed by atoms with Gasteiger partial charge in [-0.3, -0.25) is 9.10 Å². The van der Waals surface area contributed by atoms with Crippen molar-refractivity contribution in [2.45, 2.75) is 44.9 Å². The monoisotopic (exact) mass is 336 g/mol. The molecule has 0 bridgehead atoms. The van der Waals surface area contributed by atoms with Crippen molar-refractivity contribution in [2.24, 2.45) is 5.92 Å². The van der Waals surface area contributed by atoms with Crippen molar-refractivity contribution in [3.63, 3.8) is 0 Å². The van der Waals surface area contributed by atoms with Crippen molar-refractivity contribution in [3.8, 4) is 0 Å². The van der Waals surface area contributed by atoms with Crippen LogP contribution in [0.25, 0.3) is 0 Å². The number of carbonyl (C=O) groups excluding carboxylic acids is 1. The number of anilines is 2. The Bertz CT molecular complexity index is 666. The van der Waals surface area contributed by atoms with Crippen molar-refractivity contribution < 1.29 is 13.2 Å². The summed E-state index contributed by atoms with van der Waals surface area (Å²) in [4.78, 5) is 12.1. The molecule has 5 nitrogen and oxygen atoms in total. The molecule has 0 radical (unpaired) electrons. The van der Waals surface area contributed by atoms with Gasteiger partial charge in [0.25, 0.3) is 0 Å². The van der Waals surface area contributed by atoms with Crippen LogP contribution in [0.2, 0.25) is 0 Å². The summed E-state index contributed by atoms with van der Waals surface area (Å²) in [6.45, 7) is 0.515. The van der Waals surface area contributed by atoms with E-state index in [2.05, 4.69) is 5.32 Å². The van der Waals surface area contributed by atoms with Crippen molar-refractivity contribution >= 4 is 27.3 Å². The van der Waals surface area contributed by atoms with Gasteiger partial charge in [0, 0.05) is 18.7 Å². The highest BCUT2D eigenvalue weighted by Crippen LogP contribution is 2.29. The second-order valence-corrected chi connectivity index (χ2v) is 8.54. The molecule has 23 heavy (non-hydrogen) atoms. The number of rotatable bonds is 5. The fourth-order valence-electron chi connectivity index (χ4n) is 3.53. The highest BCUT2D eigenvalue weighted by Gasteiger charge is 2.28. The summed E-state index contributed by atoms with van der Waals surface area (Å²) in [6, 6.07) is 7.11. The summed E-state index contributed by atoms with van der Waals surface area (Å²) in [5, 5.41) is 2.90. The fraction of sp³-hybridized carbons (Fsp3) is 0.588. The lowest BCUT2D eigenvalue weighted by molar-refractivity contribution is -0.116. The Morgan fingerprint density at radius 3 is 2.70 bits per heavy atom. The smallest absolute Gasteiger partial charge is 0.235 e. The maximum atomic E-state index is 12.1. The average Bonchev–Trinajstić information content (AvgIpc) is 3.14. The second-order valence-electron chi connectivity index (χ2n) is 6.53. The third-order valence-electron chi connectivity index (χ3n) is 4.77. The Balaban J connectivity index is 1.60. The molecule has 3 rings (SSSR count). The Hall–Kier alpha value is -1.56. The predicted molar refractivity (Wildman–Crippen MR) is 92.0 cm³/mol. The van der Waals surface area contributed by atoms with Gasteiger partial charge < -0.3 is 5.32 Å². The number of sulfonamides is 1. The van der Waals surface area contributed by atoms with Crippen molar-refractivity contribution in [1.82, 2.24) is 0 Å². The van der Waals surface area contributed by atoms with Crippen LogP contribution in [-0.2, 0) is 14.8 Å². The zero-order valence-corrected chi connectivity index (χ0v) is 14.1. The first-order valence-corrected chi connectivity index (χ1v) is 10.1. The summed E-state index contributed by atoms with van der Waals surface area (Å²) >= 11 is 0. The van der Waals surface area contributed by atoms with E-state index in [-0.39, 0.29) is 11.7 Å². The minimum absolute atomic E-state index is 0.0123. The molecule has 2 aliphatic rings. The number of hydrogen-bond donors (Lipinski definition) is 1. The van der Waals surface area contributed by atoms with Crippen molar-refractivity contribution in [3.05, 3.63) is 24.3 Å². The molecular weight excluding hydrogens is 312 g/mol. The molecule has 0 atom stereocenters. The molecule has 0 aromatic heterocycles. The summed E-state index contributed by atoms with van der Waals surface area (Å²) in [7, 11) is -3.19.